The number of fused-ring (bicyclic) bond motifs is 3. The van der Waals surface area contributed by atoms with E-state index in [1.54, 1.807) is 0 Å². The third-order valence-electron chi connectivity index (χ3n) is 8.26. The van der Waals surface area contributed by atoms with Gasteiger partial charge in [0, 0.05) is 0 Å². The molecule has 2 nitrogen and oxygen atoms in total. The van der Waals surface area contributed by atoms with E-state index in [-0.39, 0.29) is 11.9 Å². The van der Waals surface area contributed by atoms with Gasteiger partial charge in [0.25, 0.3) is 0 Å². The minimum Gasteiger partial charge on any atom is -0.455 e. The number of hydrogen-bond donors (Lipinski definition) is 0. The highest BCUT2D eigenvalue weighted by Gasteiger charge is 2.33. The van der Waals surface area contributed by atoms with E-state index in [2.05, 4.69) is 80.6 Å². The summed E-state index contributed by atoms with van der Waals surface area (Å²) in [6.07, 6.45) is 5.43. The van der Waals surface area contributed by atoms with E-state index in [0.29, 0.717) is 0 Å². The van der Waals surface area contributed by atoms with E-state index >= 15 is 0 Å². The van der Waals surface area contributed by atoms with E-state index in [4.69, 9.17) is 4.74 Å². The summed E-state index contributed by atoms with van der Waals surface area (Å²) in [7, 11) is 0. The Bertz CT molecular complexity index is 1340. The van der Waals surface area contributed by atoms with Crippen LogP contribution in [0.4, 0.5) is 0 Å². The van der Waals surface area contributed by atoms with Crippen molar-refractivity contribution in [2.45, 2.75) is 65.4 Å². The summed E-state index contributed by atoms with van der Waals surface area (Å²) >= 11 is 0. The van der Waals surface area contributed by atoms with Crippen LogP contribution in [0.3, 0.4) is 0 Å². The normalized spacial score (nSPS) is 20.0. The van der Waals surface area contributed by atoms with Gasteiger partial charge in [-0.3, -0.25) is 4.79 Å². The van der Waals surface area contributed by atoms with Crippen LogP contribution in [0.5, 0.6) is 0 Å². The summed E-state index contributed by atoms with van der Waals surface area (Å²) in [6, 6.07) is 24.0. The minimum atomic E-state index is -0.656. The van der Waals surface area contributed by atoms with Gasteiger partial charge in [-0.25, -0.2) is 0 Å². The molecular formula is C32H36O2. The third kappa shape index (κ3) is 4.43. The van der Waals surface area contributed by atoms with Crippen molar-refractivity contribution in [3.63, 3.8) is 0 Å². The zero-order valence-electron chi connectivity index (χ0n) is 20.9. The lowest BCUT2D eigenvalue weighted by Gasteiger charge is -2.33. The highest BCUT2D eigenvalue weighted by molar-refractivity contribution is 6.04. The Morgan fingerprint density at radius 2 is 1.35 bits per heavy atom. The number of carbonyl (C=O) groups is 1. The summed E-state index contributed by atoms with van der Waals surface area (Å²) in [5, 5.41) is 7.38. The van der Waals surface area contributed by atoms with Crippen LogP contribution in [0, 0.1) is 17.8 Å². The van der Waals surface area contributed by atoms with Gasteiger partial charge in [-0.05, 0) is 120 Å². The largest absolute Gasteiger partial charge is 0.455 e. The number of benzene rings is 4. The Kier molecular flexibility index (Phi) is 6.10. The van der Waals surface area contributed by atoms with Gasteiger partial charge in [-0.2, -0.15) is 0 Å². The Morgan fingerprint density at radius 3 is 1.94 bits per heavy atom. The second kappa shape index (κ2) is 9.06. The average molecular weight is 453 g/mol. The van der Waals surface area contributed by atoms with Gasteiger partial charge in [0.05, 0.1) is 5.92 Å². The van der Waals surface area contributed by atoms with Crippen molar-refractivity contribution in [3.8, 4) is 0 Å². The van der Waals surface area contributed by atoms with Crippen LogP contribution < -0.4 is 0 Å². The molecule has 5 rings (SSSR count). The molecule has 4 aromatic carbocycles. The lowest BCUT2D eigenvalue weighted by atomic mass is 9.75. The van der Waals surface area contributed by atoms with E-state index in [0.717, 1.165) is 43.1 Å². The molecule has 0 heterocycles. The van der Waals surface area contributed by atoms with Crippen LogP contribution in [-0.4, -0.2) is 5.97 Å². The van der Waals surface area contributed by atoms with Crippen molar-refractivity contribution in [1.82, 2.24) is 0 Å². The molecule has 1 fully saturated rings. The summed E-state index contributed by atoms with van der Waals surface area (Å²) in [6.45, 7) is 8.65. The quantitative estimate of drug-likeness (QED) is 0.223. The molecule has 1 aliphatic rings. The number of hydrogen-bond acceptors (Lipinski definition) is 2. The van der Waals surface area contributed by atoms with Crippen molar-refractivity contribution < 1.29 is 9.53 Å². The first-order valence-corrected chi connectivity index (χ1v) is 12.9. The smallest absolute Gasteiger partial charge is 0.309 e. The predicted molar refractivity (Wildman–Crippen MR) is 143 cm³/mol. The number of ether oxygens (including phenoxy) is 1. The fourth-order valence-corrected chi connectivity index (χ4v) is 5.72. The summed E-state index contributed by atoms with van der Waals surface area (Å²) < 4.78 is 6.14. The summed E-state index contributed by atoms with van der Waals surface area (Å²) in [5.41, 5.74) is 0.388. The number of rotatable bonds is 5. The molecule has 0 saturated heterocycles. The van der Waals surface area contributed by atoms with Crippen LogP contribution in [0.25, 0.3) is 32.3 Å². The fraction of sp³-hybridized carbons (Fsp3) is 0.406. The van der Waals surface area contributed by atoms with Crippen LogP contribution in [0.1, 0.15) is 65.4 Å². The lowest BCUT2D eigenvalue weighted by Crippen LogP contribution is -2.32. The molecule has 2 heteroatoms. The summed E-state index contributed by atoms with van der Waals surface area (Å²) in [5.74, 6) is 1.52. The minimum absolute atomic E-state index is 0.0299. The molecule has 1 saturated carbocycles. The SMILES string of the molecule is CCC(C)C1CCC(C(=O)OC(C)(C)c2ccc3cc4cc5ccccc5cc4cc3c2)CC1. The highest BCUT2D eigenvalue weighted by Crippen LogP contribution is 2.37. The molecule has 176 valence electrons. The fourth-order valence-electron chi connectivity index (χ4n) is 5.72. The average Bonchev–Trinajstić information content (AvgIpc) is 2.85. The molecule has 1 atom stereocenters. The van der Waals surface area contributed by atoms with Crippen LogP contribution in [0.2, 0.25) is 0 Å². The zero-order valence-corrected chi connectivity index (χ0v) is 20.9. The monoisotopic (exact) mass is 452 g/mol. The Hall–Kier alpha value is -2.87. The Labute approximate surface area is 203 Å². The molecular weight excluding hydrogens is 416 g/mol. The van der Waals surface area contributed by atoms with Crippen molar-refractivity contribution in [1.29, 1.82) is 0 Å². The molecule has 4 aromatic rings. The van der Waals surface area contributed by atoms with E-state index in [1.807, 2.05) is 13.8 Å². The molecule has 0 N–H and O–H groups in total. The predicted octanol–water partition coefficient (Wildman–Crippen LogP) is 8.78. The van der Waals surface area contributed by atoms with Crippen molar-refractivity contribution in [2.75, 3.05) is 0 Å². The van der Waals surface area contributed by atoms with Crippen LogP contribution in [-0.2, 0) is 15.1 Å². The van der Waals surface area contributed by atoms with Gasteiger partial charge in [0.2, 0.25) is 0 Å². The molecule has 0 amide bonds. The lowest BCUT2D eigenvalue weighted by molar-refractivity contribution is -0.164. The first kappa shape index (κ1) is 22.9. The van der Waals surface area contributed by atoms with E-state index < -0.39 is 5.60 Å². The molecule has 1 unspecified atom stereocenters. The van der Waals surface area contributed by atoms with Gasteiger partial charge in [-0.1, -0.05) is 56.7 Å². The standard InChI is InChI=1S/C32H36O2/c1-5-21(2)22-10-12-23(13-11-22)31(33)34-32(3,4)30-15-14-26-18-27-16-24-8-6-7-9-25(24)17-28(27)19-29(26)20-30/h6-9,14-23H,5,10-13H2,1-4H3. The molecule has 0 spiro atoms. The second-order valence-electron chi connectivity index (χ2n) is 10.9. The van der Waals surface area contributed by atoms with Crippen molar-refractivity contribution in [2.24, 2.45) is 17.8 Å². The molecule has 0 aliphatic heterocycles. The van der Waals surface area contributed by atoms with E-state index in [9.17, 15) is 4.79 Å². The second-order valence-corrected chi connectivity index (χ2v) is 10.9. The maximum atomic E-state index is 13.1. The third-order valence-corrected chi connectivity index (χ3v) is 8.26. The topological polar surface area (TPSA) is 26.3 Å². The molecule has 0 aromatic heterocycles. The Morgan fingerprint density at radius 1 is 0.824 bits per heavy atom. The van der Waals surface area contributed by atoms with Crippen LogP contribution >= 0.6 is 0 Å². The first-order valence-electron chi connectivity index (χ1n) is 12.9. The number of carbonyl (C=O) groups excluding carboxylic acids is 1. The molecule has 1 aliphatic carbocycles. The number of esters is 1. The highest BCUT2D eigenvalue weighted by atomic mass is 16.6. The first-order chi connectivity index (χ1) is 16.3. The van der Waals surface area contributed by atoms with Crippen LogP contribution in [0.15, 0.2) is 66.7 Å². The maximum Gasteiger partial charge on any atom is 0.309 e. The zero-order chi connectivity index (χ0) is 23.9. The van der Waals surface area contributed by atoms with Gasteiger partial charge >= 0.3 is 5.97 Å². The Balaban J connectivity index is 1.37. The summed E-state index contributed by atoms with van der Waals surface area (Å²) in [4.78, 5) is 13.1. The van der Waals surface area contributed by atoms with E-state index in [1.165, 1.54) is 38.7 Å². The van der Waals surface area contributed by atoms with Gasteiger partial charge in [0.15, 0.2) is 0 Å². The van der Waals surface area contributed by atoms with Crippen molar-refractivity contribution in [3.05, 3.63) is 72.3 Å². The molecule has 0 radical (unpaired) electrons. The van der Waals surface area contributed by atoms with Gasteiger partial charge < -0.3 is 4.74 Å². The molecule has 0 bridgehead atoms. The maximum absolute atomic E-state index is 13.1. The van der Waals surface area contributed by atoms with Gasteiger partial charge in [-0.15, -0.1) is 0 Å². The molecule has 34 heavy (non-hydrogen) atoms. The van der Waals surface area contributed by atoms with Gasteiger partial charge in [0.1, 0.15) is 5.60 Å². The van der Waals surface area contributed by atoms with Crippen molar-refractivity contribution >= 4 is 38.3 Å².